The van der Waals surface area contributed by atoms with Crippen LogP contribution in [0.2, 0.25) is 0 Å². The maximum Gasteiger partial charge on any atom is 0.354 e. The van der Waals surface area contributed by atoms with Gasteiger partial charge in [0.1, 0.15) is 27.7 Å². The molecule has 1 aromatic carbocycles. The number of fused-ring (bicyclic) bond motifs is 1. The van der Waals surface area contributed by atoms with Crippen LogP contribution in [-0.4, -0.2) is 61.5 Å². The maximum atomic E-state index is 13.0. The van der Waals surface area contributed by atoms with Crippen molar-refractivity contribution in [3.8, 4) is 5.75 Å². The Balaban J connectivity index is 2.41. The van der Waals surface area contributed by atoms with E-state index < -0.39 is 22.3 Å². The molecule has 2 aliphatic heterocycles. The van der Waals surface area contributed by atoms with Crippen molar-refractivity contribution >= 4 is 29.5 Å². The number of carbonyl (C=O) groups is 3. The molecule has 2 amide bonds. The normalized spacial score (nSPS) is 24.2. The molecule has 0 aliphatic carbocycles. The number of methoxy groups -OCH3 is 2. The van der Waals surface area contributed by atoms with Crippen molar-refractivity contribution in [2.24, 2.45) is 5.73 Å². The van der Waals surface area contributed by atoms with Gasteiger partial charge in [0.15, 0.2) is 0 Å². The lowest BCUT2D eigenvalue weighted by atomic mass is 9.88. The fourth-order valence-electron chi connectivity index (χ4n) is 4.28. The van der Waals surface area contributed by atoms with Crippen LogP contribution < -0.4 is 15.8 Å². The number of carbonyl (C=O) groups excluding carboxylic acids is 3. The van der Waals surface area contributed by atoms with Crippen molar-refractivity contribution in [1.29, 1.82) is 0 Å². The topological polar surface area (TPSA) is 120 Å². The highest BCUT2D eigenvalue weighted by molar-refractivity contribution is 8.01. The predicted octanol–water partition coefficient (Wildman–Crippen LogP) is 1.64. The summed E-state index contributed by atoms with van der Waals surface area (Å²) < 4.78 is 16.6. The molecule has 10 heteroatoms. The molecule has 2 aliphatic rings. The van der Waals surface area contributed by atoms with Crippen LogP contribution >= 0.6 is 11.8 Å². The van der Waals surface area contributed by atoms with Gasteiger partial charge in [-0.05, 0) is 24.5 Å². The predicted molar refractivity (Wildman–Crippen MR) is 124 cm³/mol. The molecule has 3 N–H and O–H groups in total. The lowest BCUT2D eigenvalue weighted by Crippen LogP contribution is -2.71. The van der Waals surface area contributed by atoms with E-state index in [1.165, 1.54) is 37.8 Å². The largest absolute Gasteiger partial charge is 0.493 e. The molecule has 2 unspecified atom stereocenters. The number of amides is 2. The average molecular weight is 478 g/mol. The molecule has 1 fully saturated rings. The van der Waals surface area contributed by atoms with Gasteiger partial charge in [0.2, 0.25) is 11.8 Å². The van der Waals surface area contributed by atoms with E-state index in [2.05, 4.69) is 5.32 Å². The fourth-order valence-corrected chi connectivity index (χ4v) is 6.07. The molecule has 33 heavy (non-hydrogen) atoms. The van der Waals surface area contributed by atoms with Crippen LogP contribution in [-0.2, 0) is 35.1 Å². The standard InChI is InChI=1S/C23H31N3O6S/c1-6-11-32-16-10-8-9-14(7-2)17(16)23(25-13(3)27)15(12-30-4)19(22(29)31-5)26-20(28)18(24)21(26)33-23/h8-10,18,21H,6-7,11-12,24H2,1-5H3,(H,25,27)/t18?,21-,23?/m1/s1. The highest BCUT2D eigenvalue weighted by Gasteiger charge is 2.60. The minimum atomic E-state index is -1.26. The third kappa shape index (κ3) is 4.22. The van der Waals surface area contributed by atoms with Gasteiger partial charge in [-0.2, -0.15) is 0 Å². The number of hydrogen-bond donors (Lipinski definition) is 2. The number of hydrogen-bond acceptors (Lipinski definition) is 8. The SMILES string of the molecule is CCCOc1cccc(CC)c1C1(NC(C)=O)S[C@@H]2C(N)C(=O)N2C(C(=O)OC)=C1COC. The van der Waals surface area contributed by atoms with Crippen LogP contribution in [0.25, 0.3) is 0 Å². The molecular weight excluding hydrogens is 446 g/mol. The molecule has 0 aromatic heterocycles. The van der Waals surface area contributed by atoms with E-state index in [4.69, 9.17) is 19.9 Å². The van der Waals surface area contributed by atoms with E-state index in [9.17, 15) is 14.4 Å². The molecule has 0 bridgehead atoms. The molecule has 3 rings (SSSR count). The average Bonchev–Trinajstić information content (AvgIpc) is 2.81. The zero-order chi connectivity index (χ0) is 24.3. The number of nitrogens with zero attached hydrogens (tertiary/aromatic N) is 1. The summed E-state index contributed by atoms with van der Waals surface area (Å²) in [6.07, 6.45) is 1.44. The summed E-state index contributed by atoms with van der Waals surface area (Å²) in [5.74, 6) is -0.820. The summed E-state index contributed by atoms with van der Waals surface area (Å²) in [7, 11) is 2.73. The number of benzene rings is 1. The molecule has 0 saturated carbocycles. The van der Waals surface area contributed by atoms with Gasteiger partial charge in [-0.3, -0.25) is 14.5 Å². The Morgan fingerprint density at radius 2 is 2.00 bits per heavy atom. The number of β-lactam (4-membered cyclic amide) rings is 1. The summed E-state index contributed by atoms with van der Waals surface area (Å²) >= 11 is 1.30. The van der Waals surface area contributed by atoms with E-state index in [1.54, 1.807) is 0 Å². The van der Waals surface area contributed by atoms with E-state index in [0.717, 1.165) is 12.0 Å². The van der Waals surface area contributed by atoms with E-state index in [1.807, 2.05) is 32.0 Å². The van der Waals surface area contributed by atoms with Gasteiger partial charge in [0.05, 0.1) is 20.3 Å². The summed E-state index contributed by atoms with van der Waals surface area (Å²) in [6, 6.07) is 4.86. The second-order valence-electron chi connectivity index (χ2n) is 7.85. The van der Waals surface area contributed by atoms with Crippen molar-refractivity contribution < 1.29 is 28.6 Å². The van der Waals surface area contributed by atoms with Crippen molar-refractivity contribution in [2.75, 3.05) is 27.4 Å². The molecule has 0 spiro atoms. The van der Waals surface area contributed by atoms with Gasteiger partial charge in [-0.1, -0.05) is 37.7 Å². The van der Waals surface area contributed by atoms with Gasteiger partial charge in [-0.25, -0.2) is 4.79 Å². The number of aryl methyl sites for hydroxylation is 1. The van der Waals surface area contributed by atoms with Gasteiger partial charge >= 0.3 is 5.97 Å². The zero-order valence-corrected chi connectivity index (χ0v) is 20.4. The lowest BCUT2D eigenvalue weighted by molar-refractivity contribution is -0.149. The van der Waals surface area contributed by atoms with Crippen molar-refractivity contribution in [1.82, 2.24) is 10.2 Å². The molecular formula is C23H31N3O6S. The Morgan fingerprint density at radius 3 is 2.58 bits per heavy atom. The first-order valence-electron chi connectivity index (χ1n) is 10.9. The Morgan fingerprint density at radius 1 is 1.27 bits per heavy atom. The zero-order valence-electron chi connectivity index (χ0n) is 19.6. The van der Waals surface area contributed by atoms with Gasteiger partial charge in [0, 0.05) is 25.2 Å². The first-order chi connectivity index (χ1) is 15.8. The van der Waals surface area contributed by atoms with Crippen LogP contribution in [0.4, 0.5) is 0 Å². The number of nitrogens with two attached hydrogens (primary N) is 1. The first kappa shape index (κ1) is 25.1. The Hall–Kier alpha value is -2.56. The molecule has 9 nitrogen and oxygen atoms in total. The van der Waals surface area contributed by atoms with Crippen molar-refractivity contribution in [2.45, 2.75) is 49.9 Å². The minimum absolute atomic E-state index is 0.0330. The van der Waals surface area contributed by atoms with Gasteiger partial charge in [-0.15, -0.1) is 0 Å². The Bertz CT molecular complexity index is 981. The third-order valence-electron chi connectivity index (χ3n) is 5.66. The second-order valence-corrected chi connectivity index (χ2v) is 9.18. The number of ether oxygens (including phenoxy) is 3. The van der Waals surface area contributed by atoms with E-state index in [0.29, 0.717) is 29.9 Å². The minimum Gasteiger partial charge on any atom is -0.493 e. The Labute approximate surface area is 198 Å². The van der Waals surface area contributed by atoms with Crippen LogP contribution in [0.5, 0.6) is 5.75 Å². The number of nitrogens with one attached hydrogen (secondary N) is 1. The number of rotatable bonds is 9. The molecule has 1 aromatic rings. The monoisotopic (exact) mass is 477 g/mol. The summed E-state index contributed by atoms with van der Waals surface area (Å²) in [5.41, 5.74) is 8.23. The molecule has 0 radical (unpaired) electrons. The second kappa shape index (κ2) is 10.1. The van der Waals surface area contributed by atoms with Crippen LogP contribution in [0, 0.1) is 0 Å². The number of esters is 1. The summed E-state index contributed by atoms with van der Waals surface area (Å²) in [5, 5.41) is 2.49. The first-order valence-corrected chi connectivity index (χ1v) is 11.8. The fraction of sp³-hybridized carbons (Fsp3) is 0.522. The molecule has 2 heterocycles. The summed E-state index contributed by atoms with van der Waals surface area (Å²) in [4.78, 5) is 38.3. The van der Waals surface area contributed by atoms with E-state index in [-0.39, 0.29) is 24.1 Å². The van der Waals surface area contributed by atoms with Gasteiger partial charge in [0.25, 0.3) is 0 Å². The Kier molecular flexibility index (Phi) is 7.71. The third-order valence-corrected chi connectivity index (χ3v) is 7.31. The number of thioether (sulfide) groups is 1. The molecule has 180 valence electrons. The lowest BCUT2D eigenvalue weighted by Gasteiger charge is -2.55. The smallest absolute Gasteiger partial charge is 0.354 e. The van der Waals surface area contributed by atoms with Crippen molar-refractivity contribution in [3.05, 3.63) is 40.6 Å². The molecule has 3 atom stereocenters. The highest BCUT2D eigenvalue weighted by atomic mass is 32.2. The summed E-state index contributed by atoms with van der Waals surface area (Å²) in [6.45, 7) is 5.86. The maximum absolute atomic E-state index is 13.0. The molecule has 1 saturated heterocycles. The van der Waals surface area contributed by atoms with Crippen LogP contribution in [0.3, 0.4) is 0 Å². The quantitative estimate of drug-likeness (QED) is 0.407. The van der Waals surface area contributed by atoms with Crippen molar-refractivity contribution in [3.63, 3.8) is 0 Å². The van der Waals surface area contributed by atoms with Gasteiger partial charge < -0.3 is 25.3 Å². The highest BCUT2D eigenvalue weighted by Crippen LogP contribution is 2.56. The van der Waals surface area contributed by atoms with Crippen LogP contribution in [0.15, 0.2) is 29.5 Å². The van der Waals surface area contributed by atoms with Crippen LogP contribution in [0.1, 0.15) is 38.3 Å². The van der Waals surface area contributed by atoms with E-state index >= 15 is 0 Å².